The molecule has 0 aliphatic rings. The van der Waals surface area contributed by atoms with Crippen LogP contribution in [0.5, 0.6) is 0 Å². The minimum atomic E-state index is 0.674. The van der Waals surface area contributed by atoms with Gasteiger partial charge in [-0.05, 0) is 18.2 Å². The number of para-hydroxylation sites is 1. The standard InChI is InChI=1S/C29H26N4/c1-32(26-19-10-9-17-24(26)25-18-11-12-20-30-25)21-27-31-28(22-13-5-3-6-14-22)29(33(27)2)23-15-7-4-8-16-23/h3-20H,21H2,1-2H3. The molecule has 0 saturated carbocycles. The lowest BCUT2D eigenvalue weighted by atomic mass is 10.1. The van der Waals surface area contributed by atoms with Crippen molar-refractivity contribution < 1.29 is 0 Å². The fourth-order valence-corrected chi connectivity index (χ4v) is 4.25. The molecule has 0 amide bonds. The molecule has 0 unspecified atom stereocenters. The molecule has 3 aromatic carbocycles. The molecule has 0 aliphatic heterocycles. The van der Waals surface area contributed by atoms with Crippen LogP contribution in [0.25, 0.3) is 33.8 Å². The lowest BCUT2D eigenvalue weighted by Crippen LogP contribution is -2.20. The molecule has 0 saturated heterocycles. The van der Waals surface area contributed by atoms with E-state index in [1.165, 1.54) is 0 Å². The van der Waals surface area contributed by atoms with Gasteiger partial charge in [0.25, 0.3) is 0 Å². The van der Waals surface area contributed by atoms with Crippen molar-refractivity contribution in [2.24, 2.45) is 7.05 Å². The van der Waals surface area contributed by atoms with Gasteiger partial charge in [-0.15, -0.1) is 0 Å². The van der Waals surface area contributed by atoms with Gasteiger partial charge < -0.3 is 9.47 Å². The van der Waals surface area contributed by atoms with E-state index in [0.29, 0.717) is 6.54 Å². The predicted molar refractivity (Wildman–Crippen MR) is 136 cm³/mol. The maximum atomic E-state index is 5.13. The van der Waals surface area contributed by atoms with Crippen LogP contribution in [-0.4, -0.2) is 21.6 Å². The maximum Gasteiger partial charge on any atom is 0.129 e. The Hall–Kier alpha value is -4.18. The van der Waals surface area contributed by atoms with Crippen molar-refractivity contribution in [1.82, 2.24) is 14.5 Å². The second-order valence-electron chi connectivity index (χ2n) is 8.10. The van der Waals surface area contributed by atoms with E-state index in [4.69, 9.17) is 4.98 Å². The van der Waals surface area contributed by atoms with Gasteiger partial charge in [0.1, 0.15) is 5.82 Å². The Bertz CT molecular complexity index is 1340. The van der Waals surface area contributed by atoms with Crippen molar-refractivity contribution in [3.8, 4) is 33.8 Å². The highest BCUT2D eigenvalue weighted by atomic mass is 15.2. The van der Waals surface area contributed by atoms with Gasteiger partial charge in [0, 0.05) is 42.7 Å². The van der Waals surface area contributed by atoms with E-state index in [2.05, 4.69) is 107 Å². The summed E-state index contributed by atoms with van der Waals surface area (Å²) < 4.78 is 2.22. The zero-order valence-electron chi connectivity index (χ0n) is 18.9. The number of imidazole rings is 1. The van der Waals surface area contributed by atoms with Gasteiger partial charge in [0.2, 0.25) is 0 Å². The zero-order valence-corrected chi connectivity index (χ0v) is 18.9. The highest BCUT2D eigenvalue weighted by Gasteiger charge is 2.19. The topological polar surface area (TPSA) is 34.0 Å². The molecule has 0 N–H and O–H groups in total. The molecule has 162 valence electrons. The molecule has 2 heterocycles. The van der Waals surface area contributed by atoms with Crippen LogP contribution in [0.1, 0.15) is 5.82 Å². The molecule has 5 rings (SSSR count). The van der Waals surface area contributed by atoms with E-state index in [9.17, 15) is 0 Å². The van der Waals surface area contributed by atoms with Crippen molar-refractivity contribution in [2.45, 2.75) is 6.54 Å². The van der Waals surface area contributed by atoms with Crippen LogP contribution in [0.3, 0.4) is 0 Å². The number of aromatic nitrogens is 3. The third-order valence-corrected chi connectivity index (χ3v) is 5.92. The Morgan fingerprint density at radius 1 is 0.727 bits per heavy atom. The summed E-state index contributed by atoms with van der Waals surface area (Å²) in [5.41, 5.74) is 7.62. The van der Waals surface area contributed by atoms with Crippen molar-refractivity contribution in [1.29, 1.82) is 0 Å². The van der Waals surface area contributed by atoms with E-state index in [1.807, 2.05) is 30.5 Å². The first-order chi connectivity index (χ1) is 16.2. The third-order valence-electron chi connectivity index (χ3n) is 5.92. The first-order valence-corrected chi connectivity index (χ1v) is 11.1. The van der Waals surface area contributed by atoms with Gasteiger partial charge in [0.15, 0.2) is 0 Å². The Balaban J connectivity index is 1.56. The number of pyridine rings is 1. The SMILES string of the molecule is CN(Cc1nc(-c2ccccc2)c(-c2ccccc2)n1C)c1ccccc1-c1ccccn1. The van der Waals surface area contributed by atoms with Gasteiger partial charge in [-0.25, -0.2) is 4.98 Å². The molecular formula is C29H26N4. The molecule has 4 heteroatoms. The quantitative estimate of drug-likeness (QED) is 0.310. The van der Waals surface area contributed by atoms with Crippen molar-refractivity contribution >= 4 is 5.69 Å². The lowest BCUT2D eigenvalue weighted by Gasteiger charge is -2.22. The molecule has 0 bridgehead atoms. The summed E-state index contributed by atoms with van der Waals surface area (Å²) in [5, 5.41) is 0. The van der Waals surface area contributed by atoms with E-state index >= 15 is 0 Å². The number of rotatable bonds is 6. The van der Waals surface area contributed by atoms with Gasteiger partial charge in [0.05, 0.1) is 23.6 Å². The second-order valence-corrected chi connectivity index (χ2v) is 8.10. The van der Waals surface area contributed by atoms with Crippen molar-refractivity contribution in [2.75, 3.05) is 11.9 Å². The highest BCUT2D eigenvalue weighted by molar-refractivity contribution is 5.79. The Kier molecular flexibility index (Phi) is 5.73. The van der Waals surface area contributed by atoms with Crippen LogP contribution in [0.15, 0.2) is 109 Å². The minimum Gasteiger partial charge on any atom is -0.367 e. The molecule has 0 radical (unpaired) electrons. The van der Waals surface area contributed by atoms with Gasteiger partial charge >= 0.3 is 0 Å². The number of hydrogen-bond donors (Lipinski definition) is 0. The first-order valence-electron chi connectivity index (χ1n) is 11.1. The summed E-state index contributed by atoms with van der Waals surface area (Å²) >= 11 is 0. The van der Waals surface area contributed by atoms with Crippen molar-refractivity contribution in [3.05, 3.63) is 115 Å². The number of benzene rings is 3. The molecule has 4 nitrogen and oxygen atoms in total. The van der Waals surface area contributed by atoms with Crippen LogP contribution in [0, 0.1) is 0 Å². The molecule has 0 fully saturated rings. The number of anilines is 1. The highest BCUT2D eigenvalue weighted by Crippen LogP contribution is 2.34. The van der Waals surface area contributed by atoms with Crippen LogP contribution >= 0.6 is 0 Å². The molecule has 2 aromatic heterocycles. The summed E-state index contributed by atoms with van der Waals surface area (Å²) in [6.45, 7) is 0.674. The predicted octanol–water partition coefficient (Wildman–Crippen LogP) is 6.45. The monoisotopic (exact) mass is 430 g/mol. The van der Waals surface area contributed by atoms with E-state index in [-0.39, 0.29) is 0 Å². The zero-order chi connectivity index (χ0) is 22.6. The Labute approximate surface area is 194 Å². The summed E-state index contributed by atoms with van der Waals surface area (Å²) in [6.07, 6.45) is 1.84. The number of nitrogens with zero attached hydrogens (tertiary/aromatic N) is 4. The van der Waals surface area contributed by atoms with E-state index in [0.717, 1.165) is 45.3 Å². The third kappa shape index (κ3) is 4.15. The Morgan fingerprint density at radius 3 is 2.06 bits per heavy atom. The van der Waals surface area contributed by atoms with E-state index < -0.39 is 0 Å². The molecule has 5 aromatic rings. The average Bonchev–Trinajstić information content (AvgIpc) is 3.21. The van der Waals surface area contributed by atoms with Gasteiger partial charge in [-0.2, -0.15) is 0 Å². The fourth-order valence-electron chi connectivity index (χ4n) is 4.25. The first kappa shape index (κ1) is 20.7. The average molecular weight is 431 g/mol. The van der Waals surface area contributed by atoms with Crippen LogP contribution in [0.2, 0.25) is 0 Å². The second kappa shape index (κ2) is 9.13. The van der Waals surface area contributed by atoms with Crippen LogP contribution in [0.4, 0.5) is 5.69 Å². The summed E-state index contributed by atoms with van der Waals surface area (Å²) in [7, 11) is 4.22. The normalized spacial score (nSPS) is 10.8. The smallest absolute Gasteiger partial charge is 0.129 e. The lowest BCUT2D eigenvalue weighted by molar-refractivity contribution is 0.766. The minimum absolute atomic E-state index is 0.674. The molecule has 0 aliphatic carbocycles. The summed E-state index contributed by atoms with van der Waals surface area (Å²) in [4.78, 5) is 11.9. The summed E-state index contributed by atoms with van der Waals surface area (Å²) in [5.74, 6) is 1.01. The van der Waals surface area contributed by atoms with Gasteiger partial charge in [-0.3, -0.25) is 4.98 Å². The summed E-state index contributed by atoms with van der Waals surface area (Å²) in [6, 6.07) is 35.3. The number of hydrogen-bond acceptors (Lipinski definition) is 3. The van der Waals surface area contributed by atoms with Crippen molar-refractivity contribution in [3.63, 3.8) is 0 Å². The molecular weight excluding hydrogens is 404 g/mol. The molecule has 0 atom stereocenters. The van der Waals surface area contributed by atoms with Crippen LogP contribution in [-0.2, 0) is 13.6 Å². The van der Waals surface area contributed by atoms with E-state index in [1.54, 1.807) is 0 Å². The molecule has 0 spiro atoms. The Morgan fingerprint density at radius 2 is 1.36 bits per heavy atom. The van der Waals surface area contributed by atoms with Gasteiger partial charge in [-0.1, -0.05) is 84.9 Å². The van der Waals surface area contributed by atoms with Crippen LogP contribution < -0.4 is 4.90 Å². The maximum absolute atomic E-state index is 5.13. The molecule has 33 heavy (non-hydrogen) atoms. The fraction of sp³-hybridized carbons (Fsp3) is 0.103. The largest absolute Gasteiger partial charge is 0.367 e.